The van der Waals surface area contributed by atoms with E-state index in [2.05, 4.69) is 31.1 Å². The normalized spacial score (nSPS) is 26.8. The van der Waals surface area contributed by atoms with Crippen LogP contribution in [0.2, 0.25) is 0 Å². The molecule has 0 saturated heterocycles. The fourth-order valence-electron chi connectivity index (χ4n) is 4.81. The number of nitrogens with zero attached hydrogens (tertiary/aromatic N) is 3. The van der Waals surface area contributed by atoms with Crippen LogP contribution in [0, 0.1) is 11.8 Å². The summed E-state index contributed by atoms with van der Waals surface area (Å²) < 4.78 is 1.94. The Morgan fingerprint density at radius 2 is 1.93 bits per heavy atom. The third kappa shape index (κ3) is 3.72. The molecule has 0 radical (unpaired) electrons. The molecule has 4 rings (SSSR count). The lowest BCUT2D eigenvalue weighted by Gasteiger charge is -2.44. The monoisotopic (exact) mass is 410 g/mol. The Balaban J connectivity index is 1.67. The van der Waals surface area contributed by atoms with Gasteiger partial charge in [-0.2, -0.15) is 0 Å². The van der Waals surface area contributed by atoms with Gasteiger partial charge in [-0.25, -0.2) is 4.98 Å². The SMILES string of the molecule is CC(C)CCN1C(=O)c2nc3ccccc3n2CC1(C)C(=O)NC1CCC(C)CC1. The minimum Gasteiger partial charge on any atom is -0.351 e. The molecular formula is C24H34N4O2. The van der Waals surface area contributed by atoms with Crippen molar-refractivity contribution in [1.82, 2.24) is 19.8 Å². The molecule has 2 heterocycles. The first-order chi connectivity index (χ1) is 14.3. The maximum Gasteiger partial charge on any atom is 0.290 e. The summed E-state index contributed by atoms with van der Waals surface area (Å²) in [6.45, 7) is 9.48. The van der Waals surface area contributed by atoms with Crippen LogP contribution in [0.5, 0.6) is 0 Å². The molecule has 2 aliphatic rings. The molecule has 1 aliphatic heterocycles. The topological polar surface area (TPSA) is 67.2 Å². The summed E-state index contributed by atoms with van der Waals surface area (Å²) in [6, 6.07) is 7.98. The molecule has 1 atom stereocenters. The van der Waals surface area contributed by atoms with Gasteiger partial charge >= 0.3 is 0 Å². The van der Waals surface area contributed by atoms with Gasteiger partial charge < -0.3 is 14.8 Å². The highest BCUT2D eigenvalue weighted by Crippen LogP contribution is 2.32. The van der Waals surface area contributed by atoms with Crippen LogP contribution in [-0.2, 0) is 11.3 Å². The fourth-order valence-corrected chi connectivity index (χ4v) is 4.81. The van der Waals surface area contributed by atoms with Crippen molar-refractivity contribution in [3.63, 3.8) is 0 Å². The molecule has 1 aliphatic carbocycles. The van der Waals surface area contributed by atoms with E-state index in [1.54, 1.807) is 4.90 Å². The van der Waals surface area contributed by atoms with Gasteiger partial charge in [-0.1, -0.05) is 32.9 Å². The van der Waals surface area contributed by atoms with Gasteiger partial charge in [0.2, 0.25) is 5.91 Å². The van der Waals surface area contributed by atoms with Crippen LogP contribution < -0.4 is 5.32 Å². The minimum absolute atomic E-state index is 0.0393. The number of rotatable bonds is 5. The number of fused-ring (bicyclic) bond motifs is 3. The van der Waals surface area contributed by atoms with Crippen LogP contribution in [0.25, 0.3) is 11.0 Å². The predicted octanol–water partition coefficient (Wildman–Crippen LogP) is 3.99. The average molecular weight is 411 g/mol. The first-order valence-electron chi connectivity index (χ1n) is 11.4. The molecule has 30 heavy (non-hydrogen) atoms. The molecule has 1 unspecified atom stereocenters. The predicted molar refractivity (Wildman–Crippen MR) is 118 cm³/mol. The Hall–Kier alpha value is -2.37. The van der Waals surface area contributed by atoms with E-state index in [0.717, 1.165) is 49.1 Å². The number of para-hydroxylation sites is 2. The van der Waals surface area contributed by atoms with E-state index in [9.17, 15) is 9.59 Å². The zero-order valence-corrected chi connectivity index (χ0v) is 18.6. The van der Waals surface area contributed by atoms with Gasteiger partial charge in [-0.05, 0) is 63.0 Å². The molecular weight excluding hydrogens is 376 g/mol. The van der Waals surface area contributed by atoms with Crippen LogP contribution in [0.1, 0.15) is 70.4 Å². The van der Waals surface area contributed by atoms with Crippen LogP contribution in [0.4, 0.5) is 0 Å². The molecule has 1 fully saturated rings. The number of aromatic nitrogens is 2. The Morgan fingerprint density at radius 1 is 1.23 bits per heavy atom. The Kier molecular flexibility index (Phi) is 5.60. The second-order valence-electron chi connectivity index (χ2n) is 9.85. The third-order valence-corrected chi connectivity index (χ3v) is 6.92. The summed E-state index contributed by atoms with van der Waals surface area (Å²) >= 11 is 0. The van der Waals surface area contributed by atoms with Crippen molar-refractivity contribution in [3.8, 4) is 0 Å². The van der Waals surface area contributed by atoms with Crippen LogP contribution in [0.3, 0.4) is 0 Å². The van der Waals surface area contributed by atoms with Gasteiger partial charge in [-0.15, -0.1) is 0 Å². The van der Waals surface area contributed by atoms with Gasteiger partial charge in [0.25, 0.3) is 5.91 Å². The Labute approximate surface area is 179 Å². The first-order valence-corrected chi connectivity index (χ1v) is 11.4. The number of hydrogen-bond acceptors (Lipinski definition) is 3. The number of amides is 2. The Bertz CT molecular complexity index is 942. The van der Waals surface area contributed by atoms with Gasteiger partial charge in [0.05, 0.1) is 17.6 Å². The molecule has 2 aromatic rings. The summed E-state index contributed by atoms with van der Waals surface area (Å²) in [4.78, 5) is 33.5. The number of imidazole rings is 1. The van der Waals surface area contributed by atoms with Gasteiger partial charge in [-0.3, -0.25) is 9.59 Å². The van der Waals surface area contributed by atoms with E-state index < -0.39 is 5.54 Å². The van der Waals surface area contributed by atoms with Gasteiger partial charge in [0, 0.05) is 12.6 Å². The molecule has 6 nitrogen and oxygen atoms in total. The van der Waals surface area contributed by atoms with Crippen molar-refractivity contribution in [2.75, 3.05) is 6.54 Å². The molecule has 1 saturated carbocycles. The summed E-state index contributed by atoms with van der Waals surface area (Å²) in [7, 11) is 0. The van der Waals surface area contributed by atoms with Gasteiger partial charge in [0.1, 0.15) is 5.54 Å². The fraction of sp³-hybridized carbons (Fsp3) is 0.625. The molecule has 6 heteroatoms. The lowest BCUT2D eigenvalue weighted by atomic mass is 9.86. The zero-order valence-electron chi connectivity index (χ0n) is 18.6. The number of carbonyl (C=O) groups excluding carboxylic acids is 2. The molecule has 0 spiro atoms. The molecule has 1 aromatic carbocycles. The highest BCUT2D eigenvalue weighted by molar-refractivity contribution is 6.01. The van der Waals surface area contributed by atoms with E-state index in [1.165, 1.54) is 0 Å². The summed E-state index contributed by atoms with van der Waals surface area (Å²) in [5, 5.41) is 3.29. The minimum atomic E-state index is -0.925. The molecule has 2 amide bonds. The van der Waals surface area contributed by atoms with Crippen molar-refractivity contribution in [2.45, 2.75) is 77.9 Å². The highest BCUT2D eigenvalue weighted by Gasteiger charge is 2.48. The second-order valence-corrected chi connectivity index (χ2v) is 9.85. The van der Waals surface area contributed by atoms with E-state index >= 15 is 0 Å². The molecule has 1 aromatic heterocycles. The van der Waals surface area contributed by atoms with Crippen molar-refractivity contribution >= 4 is 22.8 Å². The lowest BCUT2D eigenvalue weighted by molar-refractivity contribution is -0.134. The third-order valence-electron chi connectivity index (χ3n) is 6.92. The highest BCUT2D eigenvalue weighted by atomic mass is 16.2. The quantitative estimate of drug-likeness (QED) is 0.810. The van der Waals surface area contributed by atoms with Crippen LogP contribution in [-0.4, -0.2) is 44.4 Å². The van der Waals surface area contributed by atoms with Gasteiger partial charge in [0.15, 0.2) is 5.82 Å². The van der Waals surface area contributed by atoms with E-state index in [4.69, 9.17) is 0 Å². The van der Waals surface area contributed by atoms with Crippen molar-refractivity contribution in [3.05, 3.63) is 30.1 Å². The van der Waals surface area contributed by atoms with Crippen molar-refractivity contribution in [1.29, 1.82) is 0 Å². The molecule has 0 bridgehead atoms. The smallest absolute Gasteiger partial charge is 0.290 e. The number of hydrogen-bond donors (Lipinski definition) is 1. The number of benzene rings is 1. The van der Waals surface area contributed by atoms with Crippen LogP contribution >= 0.6 is 0 Å². The van der Waals surface area contributed by atoms with E-state index in [0.29, 0.717) is 24.8 Å². The maximum absolute atomic E-state index is 13.6. The van der Waals surface area contributed by atoms with E-state index in [1.807, 2.05) is 35.8 Å². The summed E-state index contributed by atoms with van der Waals surface area (Å²) in [6.07, 6.45) is 5.18. The number of carbonyl (C=O) groups is 2. The standard InChI is InChI=1S/C24H34N4O2/c1-16(2)13-14-28-22(29)21-26-19-7-5-6-8-20(19)27(21)15-24(28,4)23(30)25-18-11-9-17(3)10-12-18/h5-8,16-18H,9-15H2,1-4H3,(H,25,30). The molecule has 162 valence electrons. The lowest BCUT2D eigenvalue weighted by Crippen LogP contribution is -2.65. The number of nitrogens with one attached hydrogen (secondary N) is 1. The summed E-state index contributed by atoms with van der Waals surface area (Å²) in [5.74, 6) is 1.44. The van der Waals surface area contributed by atoms with Crippen LogP contribution in [0.15, 0.2) is 24.3 Å². The maximum atomic E-state index is 13.6. The van der Waals surface area contributed by atoms with Crippen molar-refractivity contribution < 1.29 is 9.59 Å². The largest absolute Gasteiger partial charge is 0.351 e. The second kappa shape index (κ2) is 8.05. The summed E-state index contributed by atoms with van der Waals surface area (Å²) in [5.41, 5.74) is 0.788. The average Bonchev–Trinajstić information content (AvgIpc) is 3.08. The van der Waals surface area contributed by atoms with Crippen molar-refractivity contribution in [2.24, 2.45) is 11.8 Å². The Morgan fingerprint density at radius 3 is 2.63 bits per heavy atom. The first kappa shape index (κ1) is 20.9. The molecule has 1 N–H and O–H groups in total. The van der Waals surface area contributed by atoms with E-state index in [-0.39, 0.29) is 17.9 Å². The zero-order chi connectivity index (χ0) is 21.5.